The molecule has 0 fully saturated rings. The van der Waals surface area contributed by atoms with Crippen molar-refractivity contribution >= 4 is 23.4 Å². The molecule has 0 bridgehead atoms. The smallest absolute Gasteiger partial charge is 0.216 e. The maximum absolute atomic E-state index is 5.94. The van der Waals surface area contributed by atoms with Gasteiger partial charge in [-0.15, -0.1) is 0 Å². The number of hydrogen-bond acceptors (Lipinski definition) is 3. The number of hydrazine groups is 1. The van der Waals surface area contributed by atoms with Gasteiger partial charge in [0.25, 0.3) is 0 Å². The number of guanidine groups is 1. The van der Waals surface area contributed by atoms with E-state index >= 15 is 0 Å². The van der Waals surface area contributed by atoms with Gasteiger partial charge < -0.3 is 5.32 Å². The summed E-state index contributed by atoms with van der Waals surface area (Å²) in [6.07, 6.45) is 0.789. The van der Waals surface area contributed by atoms with Gasteiger partial charge in [-0.05, 0) is 5.92 Å². The largest absolute Gasteiger partial charge is 0.313 e. The van der Waals surface area contributed by atoms with Gasteiger partial charge in [0.05, 0.1) is 0 Å². The molecule has 6 heteroatoms. The summed E-state index contributed by atoms with van der Waals surface area (Å²) in [5.74, 6) is 7.63. The van der Waals surface area contributed by atoms with Crippen LogP contribution in [0.5, 0.6) is 0 Å². The molecule has 1 heterocycles. The van der Waals surface area contributed by atoms with E-state index in [2.05, 4.69) is 29.1 Å². The SMILES string of the molecule is CCC1=NC(Cl)N(N)C(=NCC(C)C)N1. The zero-order chi connectivity index (χ0) is 11.4. The van der Waals surface area contributed by atoms with Crippen LogP contribution in [0.25, 0.3) is 0 Å². The van der Waals surface area contributed by atoms with E-state index in [1.54, 1.807) is 0 Å². The molecule has 0 radical (unpaired) electrons. The summed E-state index contributed by atoms with van der Waals surface area (Å²) in [4.78, 5) is 8.50. The first-order valence-corrected chi connectivity index (χ1v) is 5.54. The van der Waals surface area contributed by atoms with Crippen LogP contribution in [0.2, 0.25) is 0 Å². The van der Waals surface area contributed by atoms with Crippen LogP contribution in [0.3, 0.4) is 0 Å². The molecule has 0 amide bonds. The van der Waals surface area contributed by atoms with Gasteiger partial charge in [0.2, 0.25) is 11.6 Å². The lowest BCUT2D eigenvalue weighted by atomic mass is 10.2. The van der Waals surface area contributed by atoms with Gasteiger partial charge in [0.1, 0.15) is 5.84 Å². The van der Waals surface area contributed by atoms with Crippen LogP contribution >= 0.6 is 11.6 Å². The highest BCUT2D eigenvalue weighted by Gasteiger charge is 2.22. The third-order valence-corrected chi connectivity index (χ3v) is 2.24. The van der Waals surface area contributed by atoms with Crippen LogP contribution in [-0.2, 0) is 0 Å². The first-order chi connectivity index (χ1) is 7.04. The van der Waals surface area contributed by atoms with E-state index in [1.165, 1.54) is 5.01 Å². The molecule has 0 aromatic carbocycles. The van der Waals surface area contributed by atoms with Gasteiger partial charge >= 0.3 is 0 Å². The third-order valence-electron chi connectivity index (χ3n) is 1.93. The molecule has 0 aliphatic carbocycles. The van der Waals surface area contributed by atoms with Gasteiger partial charge in [0, 0.05) is 13.0 Å². The number of alkyl halides is 1. The molecule has 86 valence electrons. The Hall–Kier alpha value is -0.810. The summed E-state index contributed by atoms with van der Waals surface area (Å²) in [5.41, 5.74) is -0.563. The zero-order valence-electron chi connectivity index (χ0n) is 9.37. The standard InChI is InChI=1S/C9H18ClN5/c1-4-7-13-8(10)15(11)9(14-7)12-5-6(2)3/h6,8H,4-5,11H2,1-3H3,(H,12,13,14). The van der Waals surface area contributed by atoms with Crippen molar-refractivity contribution in [2.24, 2.45) is 21.7 Å². The first-order valence-electron chi connectivity index (χ1n) is 5.10. The molecule has 15 heavy (non-hydrogen) atoms. The van der Waals surface area contributed by atoms with Crippen molar-refractivity contribution in [3.63, 3.8) is 0 Å². The minimum atomic E-state index is -0.563. The van der Waals surface area contributed by atoms with E-state index in [0.29, 0.717) is 11.9 Å². The van der Waals surface area contributed by atoms with E-state index < -0.39 is 5.62 Å². The number of hydrogen-bond donors (Lipinski definition) is 2. The van der Waals surface area contributed by atoms with Crippen molar-refractivity contribution in [1.29, 1.82) is 0 Å². The molecule has 0 saturated heterocycles. The summed E-state index contributed by atoms with van der Waals surface area (Å²) in [6, 6.07) is 0. The summed E-state index contributed by atoms with van der Waals surface area (Å²) in [5, 5.41) is 4.39. The normalized spacial score (nSPS) is 24.4. The van der Waals surface area contributed by atoms with Crippen molar-refractivity contribution in [2.45, 2.75) is 32.8 Å². The Bertz CT molecular complexity index is 274. The van der Waals surface area contributed by atoms with E-state index in [-0.39, 0.29) is 0 Å². The minimum absolute atomic E-state index is 0.491. The quantitative estimate of drug-likeness (QED) is 0.435. The van der Waals surface area contributed by atoms with Crippen molar-refractivity contribution in [3.05, 3.63) is 0 Å². The molecule has 3 N–H and O–H groups in total. The van der Waals surface area contributed by atoms with Gasteiger partial charge in [-0.2, -0.15) is 0 Å². The Morgan fingerprint density at radius 3 is 2.87 bits per heavy atom. The maximum atomic E-state index is 5.94. The maximum Gasteiger partial charge on any atom is 0.216 e. The second-order valence-corrected chi connectivity index (χ2v) is 4.22. The Morgan fingerprint density at radius 2 is 2.33 bits per heavy atom. The second kappa shape index (κ2) is 5.32. The van der Waals surface area contributed by atoms with Crippen molar-refractivity contribution in [3.8, 4) is 0 Å². The Labute approximate surface area is 95.4 Å². The lowest BCUT2D eigenvalue weighted by Crippen LogP contribution is -2.55. The van der Waals surface area contributed by atoms with E-state index in [4.69, 9.17) is 17.4 Å². The lowest BCUT2D eigenvalue weighted by molar-refractivity contribution is 0.391. The number of amidine groups is 1. The molecule has 1 unspecified atom stereocenters. The number of halogens is 1. The Balaban J connectivity index is 2.74. The molecular formula is C9H18ClN5. The predicted molar refractivity (Wildman–Crippen MR) is 63.7 cm³/mol. The molecule has 5 nitrogen and oxygen atoms in total. The van der Waals surface area contributed by atoms with Crippen LogP contribution in [-0.4, -0.2) is 29.0 Å². The van der Waals surface area contributed by atoms with Gasteiger partial charge in [-0.3, -0.25) is 4.99 Å². The van der Waals surface area contributed by atoms with E-state index in [1.807, 2.05) is 6.92 Å². The fourth-order valence-corrected chi connectivity index (χ4v) is 1.30. The van der Waals surface area contributed by atoms with Crippen molar-refractivity contribution < 1.29 is 0 Å². The highest BCUT2D eigenvalue weighted by Crippen LogP contribution is 2.08. The Kier molecular flexibility index (Phi) is 4.35. The van der Waals surface area contributed by atoms with Crippen LogP contribution < -0.4 is 11.2 Å². The highest BCUT2D eigenvalue weighted by molar-refractivity contribution is 6.23. The number of aliphatic imine (C=N–C) groups is 2. The summed E-state index contributed by atoms with van der Waals surface area (Å²) >= 11 is 5.94. The molecule has 1 aliphatic rings. The molecule has 1 atom stereocenters. The molecule has 0 saturated carbocycles. The molecule has 1 rings (SSSR count). The zero-order valence-corrected chi connectivity index (χ0v) is 10.1. The summed E-state index contributed by atoms with van der Waals surface area (Å²) in [7, 11) is 0. The second-order valence-electron chi connectivity index (χ2n) is 3.83. The van der Waals surface area contributed by atoms with Crippen LogP contribution in [0, 0.1) is 5.92 Å². The van der Waals surface area contributed by atoms with E-state index in [9.17, 15) is 0 Å². The molecule has 0 aromatic heterocycles. The molecule has 1 aliphatic heterocycles. The predicted octanol–water partition coefficient (Wildman–Crippen LogP) is 1.11. The minimum Gasteiger partial charge on any atom is -0.313 e. The van der Waals surface area contributed by atoms with E-state index in [0.717, 1.165) is 18.8 Å². The number of nitrogens with two attached hydrogens (primary N) is 1. The average molecular weight is 232 g/mol. The van der Waals surface area contributed by atoms with Gasteiger partial charge in [0.15, 0.2) is 0 Å². The number of rotatable bonds is 3. The number of nitrogens with one attached hydrogen (secondary N) is 1. The molecule has 0 spiro atoms. The van der Waals surface area contributed by atoms with Crippen LogP contribution in [0.1, 0.15) is 27.2 Å². The monoisotopic (exact) mass is 231 g/mol. The lowest BCUT2D eigenvalue weighted by Gasteiger charge is -2.29. The Morgan fingerprint density at radius 1 is 1.67 bits per heavy atom. The van der Waals surface area contributed by atoms with Gasteiger partial charge in [-0.25, -0.2) is 15.8 Å². The fourth-order valence-electron chi connectivity index (χ4n) is 1.09. The average Bonchev–Trinajstić information content (AvgIpc) is 2.19. The molecular weight excluding hydrogens is 214 g/mol. The topological polar surface area (TPSA) is 66.0 Å². The summed E-state index contributed by atoms with van der Waals surface area (Å²) in [6.45, 7) is 6.92. The van der Waals surface area contributed by atoms with Crippen molar-refractivity contribution in [2.75, 3.05) is 6.54 Å². The molecule has 0 aromatic rings. The first kappa shape index (κ1) is 12.3. The van der Waals surface area contributed by atoms with Gasteiger partial charge in [-0.1, -0.05) is 32.4 Å². The highest BCUT2D eigenvalue weighted by atomic mass is 35.5. The van der Waals surface area contributed by atoms with Crippen LogP contribution in [0.15, 0.2) is 9.98 Å². The third kappa shape index (κ3) is 3.35. The number of nitrogens with zero attached hydrogens (tertiary/aromatic N) is 3. The van der Waals surface area contributed by atoms with Crippen molar-refractivity contribution in [1.82, 2.24) is 10.3 Å². The summed E-state index contributed by atoms with van der Waals surface area (Å²) < 4.78 is 0. The fraction of sp³-hybridized carbons (Fsp3) is 0.778. The van der Waals surface area contributed by atoms with Crippen LogP contribution in [0.4, 0.5) is 0 Å².